The summed E-state index contributed by atoms with van der Waals surface area (Å²) in [5.74, 6) is 0.597. The second-order valence-electron chi connectivity index (χ2n) is 5.03. The zero-order chi connectivity index (χ0) is 15.6. The van der Waals surface area contributed by atoms with Crippen molar-refractivity contribution in [2.45, 2.75) is 19.8 Å². The maximum Gasteiger partial charge on any atom is 0.213 e. The van der Waals surface area contributed by atoms with Crippen molar-refractivity contribution in [1.82, 2.24) is 4.98 Å². The molecule has 1 aromatic carbocycles. The van der Waals surface area contributed by atoms with Crippen molar-refractivity contribution in [2.75, 3.05) is 38.8 Å². The lowest BCUT2D eigenvalue weighted by Crippen LogP contribution is -2.11. The molecule has 0 radical (unpaired) electrons. The van der Waals surface area contributed by atoms with Crippen LogP contribution < -0.4 is 10.5 Å². The van der Waals surface area contributed by atoms with Gasteiger partial charge in [-0.05, 0) is 30.7 Å². The van der Waals surface area contributed by atoms with Crippen LogP contribution in [0.2, 0.25) is 0 Å². The highest BCUT2D eigenvalue weighted by atomic mass is 16.5. The Morgan fingerprint density at radius 2 is 1.73 bits per heavy atom. The predicted molar refractivity (Wildman–Crippen MR) is 88.2 cm³/mol. The minimum atomic E-state index is 0.475. The Hall–Kier alpha value is -1.85. The van der Waals surface area contributed by atoms with Gasteiger partial charge in [0, 0.05) is 23.7 Å². The van der Waals surface area contributed by atoms with Crippen LogP contribution in [0.1, 0.15) is 19.8 Å². The summed E-state index contributed by atoms with van der Waals surface area (Å²) in [5, 5.41) is 1.01. The van der Waals surface area contributed by atoms with Gasteiger partial charge in [0.2, 0.25) is 5.88 Å². The van der Waals surface area contributed by atoms with E-state index < -0.39 is 0 Å². The molecule has 0 spiro atoms. The molecule has 0 saturated carbocycles. The lowest BCUT2D eigenvalue weighted by atomic mass is 10.2. The van der Waals surface area contributed by atoms with Crippen LogP contribution in [-0.4, -0.2) is 38.0 Å². The van der Waals surface area contributed by atoms with Crippen LogP contribution in [0.3, 0.4) is 0 Å². The van der Waals surface area contributed by atoms with Gasteiger partial charge in [-0.2, -0.15) is 0 Å². The number of ether oxygens (including phenoxy) is 3. The minimum Gasteiger partial charge on any atom is -0.475 e. The third kappa shape index (κ3) is 5.50. The molecule has 2 rings (SSSR count). The minimum absolute atomic E-state index is 0.475. The lowest BCUT2D eigenvalue weighted by Gasteiger charge is -2.08. The molecule has 5 nitrogen and oxygen atoms in total. The van der Waals surface area contributed by atoms with E-state index in [2.05, 4.69) is 11.9 Å². The first-order chi connectivity index (χ1) is 10.8. The average Bonchev–Trinajstić information content (AvgIpc) is 2.53. The molecule has 1 heterocycles. The Bertz CT molecular complexity index is 575. The molecular formula is C17H24N2O3. The largest absolute Gasteiger partial charge is 0.475 e. The third-order valence-electron chi connectivity index (χ3n) is 3.18. The molecule has 22 heavy (non-hydrogen) atoms. The van der Waals surface area contributed by atoms with Gasteiger partial charge in [0.1, 0.15) is 6.61 Å². The molecule has 0 fully saturated rings. The highest BCUT2D eigenvalue weighted by Crippen LogP contribution is 2.18. The highest BCUT2D eigenvalue weighted by Gasteiger charge is 2.00. The Kier molecular flexibility index (Phi) is 6.93. The monoisotopic (exact) mass is 304 g/mol. The summed E-state index contributed by atoms with van der Waals surface area (Å²) in [6, 6.07) is 9.42. The first-order valence-corrected chi connectivity index (χ1v) is 7.74. The first-order valence-electron chi connectivity index (χ1n) is 7.74. The molecular weight excluding hydrogens is 280 g/mol. The molecule has 0 aliphatic carbocycles. The number of nitrogen functional groups attached to an aromatic ring is 1. The van der Waals surface area contributed by atoms with Crippen molar-refractivity contribution in [3.05, 3.63) is 30.3 Å². The predicted octanol–water partition coefficient (Wildman–Crippen LogP) is 3.03. The van der Waals surface area contributed by atoms with Crippen LogP contribution >= 0.6 is 0 Å². The Morgan fingerprint density at radius 3 is 2.55 bits per heavy atom. The van der Waals surface area contributed by atoms with Crippen molar-refractivity contribution >= 4 is 16.6 Å². The molecule has 5 heteroatoms. The normalized spacial score (nSPS) is 11.0. The van der Waals surface area contributed by atoms with E-state index in [1.165, 1.54) is 0 Å². The fourth-order valence-electron chi connectivity index (χ4n) is 1.98. The number of rotatable bonds is 10. The SMILES string of the molecule is CCCCOCCOCCOc1ccc2cc(N)ccc2n1. The molecule has 1 aromatic heterocycles. The number of pyridine rings is 1. The second kappa shape index (κ2) is 9.23. The van der Waals surface area contributed by atoms with Crippen molar-refractivity contribution in [3.63, 3.8) is 0 Å². The van der Waals surface area contributed by atoms with Gasteiger partial charge in [-0.15, -0.1) is 0 Å². The van der Waals surface area contributed by atoms with Gasteiger partial charge in [0.05, 0.1) is 25.3 Å². The number of fused-ring (bicyclic) bond motifs is 1. The van der Waals surface area contributed by atoms with Crippen LogP contribution in [-0.2, 0) is 9.47 Å². The lowest BCUT2D eigenvalue weighted by molar-refractivity contribution is 0.0351. The van der Waals surface area contributed by atoms with Crippen molar-refractivity contribution in [2.24, 2.45) is 0 Å². The summed E-state index contributed by atoms with van der Waals surface area (Å²) in [5.41, 5.74) is 7.35. The summed E-state index contributed by atoms with van der Waals surface area (Å²) in [7, 11) is 0. The van der Waals surface area contributed by atoms with Crippen LogP contribution in [0.15, 0.2) is 30.3 Å². The molecule has 0 unspecified atom stereocenters. The molecule has 0 aliphatic rings. The fourth-order valence-corrected chi connectivity index (χ4v) is 1.98. The summed E-state index contributed by atoms with van der Waals surface area (Å²) in [4.78, 5) is 4.43. The summed E-state index contributed by atoms with van der Waals surface area (Å²) in [6.07, 6.45) is 2.25. The van der Waals surface area contributed by atoms with E-state index in [-0.39, 0.29) is 0 Å². The number of benzene rings is 1. The van der Waals surface area contributed by atoms with Gasteiger partial charge < -0.3 is 19.9 Å². The molecule has 0 saturated heterocycles. The zero-order valence-electron chi connectivity index (χ0n) is 13.1. The molecule has 2 N–H and O–H groups in total. The van der Waals surface area contributed by atoms with Crippen LogP contribution in [0.5, 0.6) is 5.88 Å². The number of hydrogen-bond donors (Lipinski definition) is 1. The van der Waals surface area contributed by atoms with E-state index in [1.807, 2.05) is 30.3 Å². The molecule has 0 amide bonds. The first kappa shape index (κ1) is 16.5. The number of anilines is 1. The number of unbranched alkanes of at least 4 members (excludes halogenated alkanes) is 1. The highest BCUT2D eigenvalue weighted by molar-refractivity contribution is 5.82. The average molecular weight is 304 g/mol. The van der Waals surface area contributed by atoms with Gasteiger partial charge in [0.15, 0.2) is 0 Å². The molecule has 0 atom stereocenters. The van der Waals surface area contributed by atoms with E-state index in [0.29, 0.717) is 32.3 Å². The van der Waals surface area contributed by atoms with Crippen LogP contribution in [0.25, 0.3) is 10.9 Å². The summed E-state index contributed by atoms with van der Waals surface area (Å²) >= 11 is 0. The Labute approximate surface area is 131 Å². The number of nitrogens with two attached hydrogens (primary N) is 1. The van der Waals surface area contributed by atoms with Gasteiger partial charge in [0.25, 0.3) is 0 Å². The van der Waals surface area contributed by atoms with Gasteiger partial charge in [-0.25, -0.2) is 4.98 Å². The molecule has 120 valence electrons. The van der Waals surface area contributed by atoms with Crippen LogP contribution in [0, 0.1) is 0 Å². The number of nitrogens with zero attached hydrogens (tertiary/aromatic N) is 1. The fraction of sp³-hybridized carbons (Fsp3) is 0.471. The van der Waals surface area contributed by atoms with E-state index in [9.17, 15) is 0 Å². The Balaban J connectivity index is 1.64. The van der Waals surface area contributed by atoms with Gasteiger partial charge in [-0.3, -0.25) is 0 Å². The Morgan fingerprint density at radius 1 is 0.955 bits per heavy atom. The van der Waals surface area contributed by atoms with Crippen molar-refractivity contribution in [3.8, 4) is 5.88 Å². The van der Waals surface area contributed by atoms with Crippen molar-refractivity contribution < 1.29 is 14.2 Å². The third-order valence-corrected chi connectivity index (χ3v) is 3.18. The van der Waals surface area contributed by atoms with Gasteiger partial charge in [-0.1, -0.05) is 13.3 Å². The zero-order valence-corrected chi connectivity index (χ0v) is 13.1. The van der Waals surface area contributed by atoms with E-state index >= 15 is 0 Å². The number of hydrogen-bond acceptors (Lipinski definition) is 5. The van der Waals surface area contributed by atoms with E-state index in [1.54, 1.807) is 0 Å². The van der Waals surface area contributed by atoms with Crippen LogP contribution in [0.4, 0.5) is 5.69 Å². The summed E-state index contributed by atoms with van der Waals surface area (Å²) in [6.45, 7) is 5.18. The summed E-state index contributed by atoms with van der Waals surface area (Å²) < 4.78 is 16.4. The maximum absolute atomic E-state index is 5.74. The molecule has 0 bridgehead atoms. The standard InChI is InChI=1S/C17H24N2O3/c1-2-3-8-20-9-10-21-11-12-22-17-7-4-14-13-15(18)5-6-16(14)19-17/h4-7,13H,2-3,8-12,18H2,1H3. The molecule has 0 aliphatic heterocycles. The number of aromatic nitrogens is 1. The van der Waals surface area contributed by atoms with Crippen molar-refractivity contribution in [1.29, 1.82) is 0 Å². The molecule has 2 aromatic rings. The maximum atomic E-state index is 5.74. The van der Waals surface area contributed by atoms with Gasteiger partial charge >= 0.3 is 0 Å². The quantitative estimate of drug-likeness (QED) is 0.540. The topological polar surface area (TPSA) is 66.6 Å². The van der Waals surface area contributed by atoms with E-state index in [0.717, 1.165) is 36.0 Å². The second-order valence-corrected chi connectivity index (χ2v) is 5.03. The van der Waals surface area contributed by atoms with E-state index in [4.69, 9.17) is 19.9 Å². The smallest absolute Gasteiger partial charge is 0.213 e.